The van der Waals surface area contributed by atoms with Crippen LogP contribution in [0.4, 0.5) is 0 Å². The van der Waals surface area contributed by atoms with Crippen LogP contribution in [-0.4, -0.2) is 121 Å². The smallest absolute Gasteiger partial charge is 0.342 e. The molecule has 0 bridgehead atoms. The van der Waals surface area contributed by atoms with E-state index in [-0.39, 0.29) is 41.9 Å². The van der Waals surface area contributed by atoms with Gasteiger partial charge < -0.3 is 30.9 Å². The molecular weight excluding hydrogens is 442 g/mol. The first-order valence-corrected chi connectivity index (χ1v) is 12.3. The van der Waals surface area contributed by atoms with Crippen LogP contribution >= 0.6 is 0 Å². The van der Waals surface area contributed by atoms with Gasteiger partial charge in [-0.05, 0) is 25.7 Å². The van der Waals surface area contributed by atoms with Crippen molar-refractivity contribution in [1.29, 1.82) is 0 Å². The number of carbonyl (C=O) groups excluding carboxylic acids is 2. The summed E-state index contributed by atoms with van der Waals surface area (Å²) in [6, 6.07) is 0. The number of hydrogen-bond acceptors (Lipinski definition) is 8. The van der Waals surface area contributed by atoms with Crippen molar-refractivity contribution in [2.45, 2.75) is 71.8 Å². The number of nitrogens with two attached hydrogens (primary N) is 1. The van der Waals surface area contributed by atoms with Crippen LogP contribution in [0.25, 0.3) is 0 Å². The van der Waals surface area contributed by atoms with E-state index in [1.54, 1.807) is 28.2 Å². The molecule has 6 N–H and O–H groups in total. The molecule has 202 valence electrons. The van der Waals surface area contributed by atoms with Gasteiger partial charge in [-0.2, -0.15) is 0 Å². The molecule has 34 heavy (non-hydrogen) atoms. The fraction of sp³-hybridized carbons (Fsp3) is 0.917. The van der Waals surface area contributed by atoms with Gasteiger partial charge in [0.2, 0.25) is 0 Å². The molecule has 0 spiro atoms. The van der Waals surface area contributed by atoms with Gasteiger partial charge in [-0.3, -0.25) is 8.97 Å². The molecule has 3 unspecified atom stereocenters. The zero-order valence-corrected chi connectivity index (χ0v) is 22.6. The van der Waals surface area contributed by atoms with Gasteiger partial charge in [0.25, 0.3) is 0 Å². The lowest BCUT2D eigenvalue weighted by Gasteiger charge is -2.38. The van der Waals surface area contributed by atoms with E-state index < -0.39 is 41.1 Å². The molecule has 0 aromatic rings. The predicted molar refractivity (Wildman–Crippen MR) is 130 cm³/mol. The van der Waals surface area contributed by atoms with Crippen molar-refractivity contribution >= 4 is 11.8 Å². The predicted octanol–water partition coefficient (Wildman–Crippen LogP) is -0.187. The van der Waals surface area contributed by atoms with Gasteiger partial charge in [0.05, 0.1) is 48.0 Å². The van der Waals surface area contributed by atoms with E-state index in [2.05, 4.69) is 0 Å². The van der Waals surface area contributed by atoms with Crippen LogP contribution in [0.15, 0.2) is 0 Å². The van der Waals surface area contributed by atoms with Crippen LogP contribution in [0.1, 0.15) is 53.4 Å². The largest absolute Gasteiger partial charge is 0.396 e. The zero-order valence-electron chi connectivity index (χ0n) is 22.6. The topological polar surface area (TPSA) is 150 Å². The Balaban J connectivity index is 5.11. The molecule has 0 aromatic heterocycles. The SMILES string of the molecule is CCC(CC)(CO)C(O)C(=O)[N+](C)(C)CCOC(N)C[N+](C)(C)C(=O)C(O)C(CC)(CC)CO. The minimum atomic E-state index is -1.34. The van der Waals surface area contributed by atoms with Gasteiger partial charge in [-0.1, -0.05) is 27.7 Å². The monoisotopic (exact) mass is 493 g/mol. The number of ether oxygens (including phenoxy) is 1. The lowest BCUT2D eigenvalue weighted by Crippen LogP contribution is -2.60. The summed E-state index contributed by atoms with van der Waals surface area (Å²) < 4.78 is 5.30. The number of quaternary nitrogens is 2. The van der Waals surface area contributed by atoms with Gasteiger partial charge in [0.15, 0.2) is 18.4 Å². The summed E-state index contributed by atoms with van der Waals surface area (Å²) in [5.41, 5.74) is 4.32. The van der Waals surface area contributed by atoms with Crippen molar-refractivity contribution in [2.24, 2.45) is 16.6 Å². The molecule has 10 nitrogen and oxygen atoms in total. The molecular formula is C24H51N3O7+2. The van der Waals surface area contributed by atoms with Crippen LogP contribution in [0.3, 0.4) is 0 Å². The number of nitrogens with zero attached hydrogens (tertiary/aromatic N) is 2. The van der Waals surface area contributed by atoms with E-state index in [4.69, 9.17) is 10.5 Å². The summed E-state index contributed by atoms with van der Waals surface area (Å²) in [6.45, 7) is 7.19. The first-order chi connectivity index (χ1) is 15.6. The van der Waals surface area contributed by atoms with Gasteiger partial charge >= 0.3 is 11.8 Å². The molecule has 0 rings (SSSR count). The quantitative estimate of drug-likeness (QED) is 0.147. The second kappa shape index (κ2) is 13.4. The van der Waals surface area contributed by atoms with Crippen LogP contribution < -0.4 is 5.73 Å². The Morgan fingerprint density at radius 3 is 1.47 bits per heavy atom. The molecule has 0 heterocycles. The minimum absolute atomic E-state index is 0.0914. The minimum Gasteiger partial charge on any atom is -0.396 e. The van der Waals surface area contributed by atoms with E-state index in [0.717, 1.165) is 0 Å². The van der Waals surface area contributed by atoms with Gasteiger partial charge in [-0.25, -0.2) is 9.59 Å². The van der Waals surface area contributed by atoms with Crippen molar-refractivity contribution < 1.29 is 43.7 Å². The molecule has 0 aliphatic rings. The number of hydrogen-bond donors (Lipinski definition) is 5. The van der Waals surface area contributed by atoms with E-state index in [0.29, 0.717) is 25.7 Å². The lowest BCUT2D eigenvalue weighted by atomic mass is 9.77. The average Bonchev–Trinajstić information content (AvgIpc) is 2.80. The van der Waals surface area contributed by atoms with E-state index in [9.17, 15) is 30.0 Å². The van der Waals surface area contributed by atoms with Crippen molar-refractivity contribution in [3.05, 3.63) is 0 Å². The molecule has 0 fully saturated rings. The number of carbonyl (C=O) groups is 2. The van der Waals surface area contributed by atoms with Crippen LogP contribution in [-0.2, 0) is 14.3 Å². The van der Waals surface area contributed by atoms with Gasteiger partial charge in [0.1, 0.15) is 13.1 Å². The Hall–Kier alpha value is -0.980. The molecule has 0 aliphatic carbocycles. The Bertz CT molecular complexity index is 630. The molecule has 10 heteroatoms. The number of amides is 2. The third-order valence-electron chi connectivity index (χ3n) is 7.89. The molecule has 0 saturated heterocycles. The third kappa shape index (κ3) is 7.51. The Kier molecular flexibility index (Phi) is 13.0. The standard InChI is InChI=1S/C24H51N3O7/c1-9-23(10-2,16-28)19(30)21(32)26(5,6)13-14-34-18(25)15-27(7,8)22(33)20(31)24(11-3,12-4)17-29/h18-20,28-31H,9-17,25H2,1-8H3/q+2. The molecule has 0 aliphatic heterocycles. The first-order valence-electron chi connectivity index (χ1n) is 12.3. The highest BCUT2D eigenvalue weighted by Gasteiger charge is 2.47. The Morgan fingerprint density at radius 2 is 1.15 bits per heavy atom. The molecule has 3 atom stereocenters. The molecule has 0 saturated carbocycles. The summed E-state index contributed by atoms with van der Waals surface area (Å²) >= 11 is 0. The van der Waals surface area contributed by atoms with Crippen molar-refractivity contribution in [2.75, 3.05) is 61.1 Å². The molecule has 2 amide bonds. The van der Waals surface area contributed by atoms with Crippen molar-refractivity contribution in [3.63, 3.8) is 0 Å². The van der Waals surface area contributed by atoms with E-state index in [1.165, 1.54) is 0 Å². The number of rotatable bonds is 16. The van der Waals surface area contributed by atoms with Crippen molar-refractivity contribution in [1.82, 2.24) is 0 Å². The van der Waals surface area contributed by atoms with E-state index >= 15 is 0 Å². The van der Waals surface area contributed by atoms with Crippen LogP contribution in [0.2, 0.25) is 0 Å². The lowest BCUT2D eigenvalue weighted by molar-refractivity contribution is -0.823. The fourth-order valence-corrected chi connectivity index (χ4v) is 4.21. The van der Waals surface area contributed by atoms with Crippen LogP contribution in [0.5, 0.6) is 0 Å². The molecule has 0 radical (unpaired) electrons. The summed E-state index contributed by atoms with van der Waals surface area (Å²) in [5, 5.41) is 41.0. The Morgan fingerprint density at radius 1 is 0.794 bits per heavy atom. The maximum absolute atomic E-state index is 13.0. The number of aliphatic hydroxyl groups is 4. The summed E-state index contributed by atoms with van der Waals surface area (Å²) in [7, 11) is 6.59. The summed E-state index contributed by atoms with van der Waals surface area (Å²) in [6.07, 6.45) is -1.64. The van der Waals surface area contributed by atoms with Gasteiger partial charge in [0, 0.05) is 10.8 Å². The third-order valence-corrected chi connectivity index (χ3v) is 7.89. The van der Waals surface area contributed by atoms with Gasteiger partial charge in [-0.15, -0.1) is 0 Å². The molecule has 0 aromatic carbocycles. The maximum Gasteiger partial charge on any atom is 0.342 e. The highest BCUT2D eigenvalue weighted by molar-refractivity contribution is 5.75. The normalized spacial score (nSPS) is 16.3. The second-order valence-corrected chi connectivity index (χ2v) is 10.6. The van der Waals surface area contributed by atoms with Crippen LogP contribution in [0, 0.1) is 10.8 Å². The maximum atomic E-state index is 13.0. The summed E-state index contributed by atoms with van der Waals surface area (Å²) in [4.78, 5) is 26.0. The average molecular weight is 494 g/mol. The number of aliphatic hydroxyl groups excluding tert-OH is 4. The zero-order chi connectivity index (χ0) is 27.0. The second-order valence-electron chi connectivity index (χ2n) is 10.6. The van der Waals surface area contributed by atoms with E-state index in [1.807, 2.05) is 27.7 Å². The summed E-state index contributed by atoms with van der Waals surface area (Å²) in [5.74, 6) is -0.866. The fourth-order valence-electron chi connectivity index (χ4n) is 4.21. The Labute approximate surface area is 205 Å². The first kappa shape index (κ1) is 33.0. The highest BCUT2D eigenvalue weighted by atomic mass is 16.5. The van der Waals surface area contributed by atoms with Crippen molar-refractivity contribution in [3.8, 4) is 0 Å². The number of likely N-dealkylation sites (N-methyl/N-ethyl adjacent to an activating group) is 2. The highest BCUT2D eigenvalue weighted by Crippen LogP contribution is 2.33.